The van der Waals surface area contributed by atoms with E-state index in [0.29, 0.717) is 5.92 Å². The van der Waals surface area contributed by atoms with Gasteiger partial charge < -0.3 is 5.11 Å². The Labute approximate surface area is 78.6 Å². The van der Waals surface area contributed by atoms with Gasteiger partial charge in [-0.15, -0.1) is 0 Å². The molecule has 0 spiro atoms. The van der Waals surface area contributed by atoms with Crippen molar-refractivity contribution < 1.29 is 9.90 Å². The first-order valence-corrected chi connectivity index (χ1v) is 4.84. The van der Waals surface area contributed by atoms with Crippen molar-refractivity contribution in [2.45, 2.75) is 33.1 Å². The van der Waals surface area contributed by atoms with Crippen LogP contribution >= 0.6 is 0 Å². The third-order valence-corrected chi connectivity index (χ3v) is 4.42. The van der Waals surface area contributed by atoms with Crippen LogP contribution in [0.25, 0.3) is 0 Å². The summed E-state index contributed by atoms with van der Waals surface area (Å²) in [4.78, 5) is 11.3. The number of carbonyl (C=O) groups is 1. The molecule has 2 saturated carbocycles. The van der Waals surface area contributed by atoms with Crippen LogP contribution in [0.4, 0.5) is 0 Å². The molecule has 2 aliphatic rings. The largest absolute Gasteiger partial charge is 0.481 e. The van der Waals surface area contributed by atoms with Crippen molar-refractivity contribution in [3.05, 3.63) is 12.2 Å². The SMILES string of the molecule is C=C1C2CCC(C(=O)O)(C2)C1(C)C. The van der Waals surface area contributed by atoms with E-state index < -0.39 is 11.4 Å². The lowest BCUT2D eigenvalue weighted by molar-refractivity contribution is -0.153. The molecule has 72 valence electrons. The van der Waals surface area contributed by atoms with Crippen LogP contribution in [-0.2, 0) is 4.79 Å². The van der Waals surface area contributed by atoms with E-state index in [2.05, 4.69) is 6.58 Å². The number of rotatable bonds is 1. The van der Waals surface area contributed by atoms with Crippen LogP contribution in [0.5, 0.6) is 0 Å². The van der Waals surface area contributed by atoms with Gasteiger partial charge in [-0.05, 0) is 25.2 Å². The van der Waals surface area contributed by atoms with Gasteiger partial charge in [-0.1, -0.05) is 26.0 Å². The van der Waals surface area contributed by atoms with Gasteiger partial charge in [-0.3, -0.25) is 4.79 Å². The van der Waals surface area contributed by atoms with Crippen molar-refractivity contribution in [3.8, 4) is 0 Å². The fraction of sp³-hybridized carbons (Fsp3) is 0.727. The number of hydrogen-bond acceptors (Lipinski definition) is 1. The van der Waals surface area contributed by atoms with Crippen LogP contribution in [0, 0.1) is 16.7 Å². The predicted octanol–water partition coefficient (Wildman–Crippen LogP) is 2.45. The summed E-state index contributed by atoms with van der Waals surface area (Å²) in [5.74, 6) is -0.162. The average Bonchev–Trinajstić information content (AvgIpc) is 2.53. The molecular formula is C11H16O2. The third-order valence-electron chi connectivity index (χ3n) is 4.42. The summed E-state index contributed by atoms with van der Waals surface area (Å²) in [6.07, 6.45) is 2.67. The van der Waals surface area contributed by atoms with Crippen LogP contribution in [0.15, 0.2) is 12.2 Å². The van der Waals surface area contributed by atoms with Crippen molar-refractivity contribution in [2.24, 2.45) is 16.7 Å². The molecule has 2 aliphatic carbocycles. The molecule has 0 aliphatic heterocycles. The van der Waals surface area contributed by atoms with Gasteiger partial charge in [0.05, 0.1) is 5.41 Å². The van der Waals surface area contributed by atoms with E-state index in [1.165, 1.54) is 0 Å². The Morgan fingerprint density at radius 3 is 2.54 bits per heavy atom. The normalized spacial score (nSPS) is 41.1. The maximum Gasteiger partial charge on any atom is 0.310 e. The first kappa shape index (κ1) is 8.79. The maximum absolute atomic E-state index is 11.3. The van der Waals surface area contributed by atoms with Gasteiger partial charge in [-0.25, -0.2) is 0 Å². The Kier molecular flexibility index (Phi) is 1.47. The maximum atomic E-state index is 11.3. The van der Waals surface area contributed by atoms with E-state index in [1.807, 2.05) is 13.8 Å². The summed E-state index contributed by atoms with van der Waals surface area (Å²) < 4.78 is 0. The van der Waals surface area contributed by atoms with Gasteiger partial charge in [0.1, 0.15) is 0 Å². The monoisotopic (exact) mass is 180 g/mol. The molecule has 2 heteroatoms. The Morgan fingerprint density at radius 2 is 2.23 bits per heavy atom. The fourth-order valence-electron chi connectivity index (χ4n) is 3.19. The van der Waals surface area contributed by atoms with Gasteiger partial charge in [0.2, 0.25) is 0 Å². The van der Waals surface area contributed by atoms with Crippen molar-refractivity contribution in [3.63, 3.8) is 0 Å². The van der Waals surface area contributed by atoms with Crippen LogP contribution in [0.1, 0.15) is 33.1 Å². The molecule has 0 amide bonds. The molecule has 0 radical (unpaired) electrons. The Balaban J connectivity index is 2.50. The van der Waals surface area contributed by atoms with Gasteiger partial charge >= 0.3 is 5.97 Å². The predicted molar refractivity (Wildman–Crippen MR) is 50.3 cm³/mol. The molecule has 0 aromatic carbocycles. The third kappa shape index (κ3) is 0.767. The molecule has 2 atom stereocenters. The lowest BCUT2D eigenvalue weighted by Gasteiger charge is -2.39. The molecule has 2 nitrogen and oxygen atoms in total. The highest BCUT2D eigenvalue weighted by molar-refractivity contribution is 5.78. The van der Waals surface area contributed by atoms with Crippen LogP contribution in [0.2, 0.25) is 0 Å². The van der Waals surface area contributed by atoms with Gasteiger partial charge in [0, 0.05) is 5.41 Å². The number of carboxylic acid groups (broad SMARTS) is 1. The Morgan fingerprint density at radius 1 is 1.62 bits per heavy atom. The molecule has 2 bridgehead atoms. The molecule has 2 rings (SSSR count). The highest BCUT2D eigenvalue weighted by atomic mass is 16.4. The lowest BCUT2D eigenvalue weighted by atomic mass is 9.63. The molecular weight excluding hydrogens is 164 g/mol. The molecule has 0 saturated heterocycles. The minimum Gasteiger partial charge on any atom is -0.481 e. The summed E-state index contributed by atoms with van der Waals surface area (Å²) in [5, 5.41) is 9.30. The number of hydrogen-bond donors (Lipinski definition) is 1. The molecule has 0 heterocycles. The van der Waals surface area contributed by atoms with Crippen LogP contribution in [-0.4, -0.2) is 11.1 Å². The molecule has 1 N–H and O–H groups in total. The van der Waals surface area contributed by atoms with E-state index in [4.69, 9.17) is 0 Å². The molecule has 0 aromatic rings. The smallest absolute Gasteiger partial charge is 0.310 e. The summed E-state index contributed by atoms with van der Waals surface area (Å²) in [6.45, 7) is 8.11. The molecule has 2 unspecified atom stereocenters. The van der Waals surface area contributed by atoms with E-state index in [-0.39, 0.29) is 5.41 Å². The Bertz CT molecular complexity index is 290. The quantitative estimate of drug-likeness (QED) is 0.629. The van der Waals surface area contributed by atoms with Crippen molar-refractivity contribution >= 4 is 5.97 Å². The summed E-state index contributed by atoms with van der Waals surface area (Å²) in [6, 6.07) is 0. The van der Waals surface area contributed by atoms with Crippen molar-refractivity contribution in [1.29, 1.82) is 0 Å². The zero-order chi connectivity index (χ0) is 9.85. The van der Waals surface area contributed by atoms with Crippen molar-refractivity contribution in [2.75, 3.05) is 0 Å². The van der Waals surface area contributed by atoms with E-state index >= 15 is 0 Å². The summed E-state index contributed by atoms with van der Waals surface area (Å²) in [5.41, 5.74) is 0.442. The summed E-state index contributed by atoms with van der Waals surface area (Å²) in [7, 11) is 0. The second kappa shape index (κ2) is 2.17. The minimum absolute atomic E-state index is 0.207. The number of carboxylic acids is 1. The minimum atomic E-state index is -0.626. The second-order valence-corrected chi connectivity index (χ2v) is 4.98. The zero-order valence-electron chi connectivity index (χ0n) is 8.26. The number of aliphatic carboxylic acids is 1. The number of allylic oxidation sites excluding steroid dienone is 1. The van der Waals surface area contributed by atoms with Crippen molar-refractivity contribution in [1.82, 2.24) is 0 Å². The number of fused-ring (bicyclic) bond motifs is 2. The second-order valence-electron chi connectivity index (χ2n) is 4.98. The van der Waals surface area contributed by atoms with Gasteiger partial charge in [-0.2, -0.15) is 0 Å². The standard InChI is InChI=1S/C11H16O2/c1-7-8-4-5-11(6-8,9(12)13)10(7,2)3/h8H,1,4-6H2,2-3H3,(H,12,13). The average molecular weight is 180 g/mol. The Hall–Kier alpha value is -0.790. The van der Waals surface area contributed by atoms with E-state index in [0.717, 1.165) is 24.8 Å². The lowest BCUT2D eigenvalue weighted by Crippen LogP contribution is -2.41. The first-order valence-electron chi connectivity index (χ1n) is 4.84. The van der Waals surface area contributed by atoms with Crippen LogP contribution in [0.3, 0.4) is 0 Å². The molecule has 2 fully saturated rings. The first-order chi connectivity index (χ1) is 5.92. The summed E-state index contributed by atoms with van der Waals surface area (Å²) >= 11 is 0. The van der Waals surface area contributed by atoms with Gasteiger partial charge in [0.15, 0.2) is 0 Å². The fourth-order valence-corrected chi connectivity index (χ4v) is 3.19. The highest BCUT2D eigenvalue weighted by Gasteiger charge is 2.63. The van der Waals surface area contributed by atoms with Gasteiger partial charge in [0.25, 0.3) is 0 Å². The van der Waals surface area contributed by atoms with E-state index in [9.17, 15) is 9.90 Å². The highest BCUT2D eigenvalue weighted by Crippen LogP contribution is 2.66. The molecule has 0 aromatic heterocycles. The van der Waals surface area contributed by atoms with E-state index in [1.54, 1.807) is 0 Å². The zero-order valence-corrected chi connectivity index (χ0v) is 8.26. The topological polar surface area (TPSA) is 37.3 Å². The molecule has 13 heavy (non-hydrogen) atoms. The van der Waals surface area contributed by atoms with Crippen LogP contribution < -0.4 is 0 Å².